The molecule has 134 valence electrons. The molecule has 3 heterocycles. The number of fused-ring (bicyclic) bond motifs is 1. The van der Waals surface area contributed by atoms with Crippen molar-refractivity contribution in [1.29, 1.82) is 0 Å². The van der Waals surface area contributed by atoms with Crippen molar-refractivity contribution in [3.05, 3.63) is 18.9 Å². The van der Waals surface area contributed by atoms with Crippen LogP contribution in [-0.2, 0) is 11.3 Å². The zero-order valence-corrected chi connectivity index (χ0v) is 15.4. The molecule has 1 fully saturated rings. The summed E-state index contributed by atoms with van der Waals surface area (Å²) in [7, 11) is 0. The molecule has 0 spiro atoms. The van der Waals surface area contributed by atoms with Gasteiger partial charge in [0.1, 0.15) is 5.82 Å². The predicted molar refractivity (Wildman–Crippen MR) is 101 cm³/mol. The molecule has 2 aromatic heterocycles. The molecule has 1 aliphatic rings. The second kappa shape index (κ2) is 8.33. The Labute approximate surface area is 151 Å². The molecule has 0 unspecified atom stereocenters. The van der Waals surface area contributed by atoms with Gasteiger partial charge in [0.15, 0.2) is 10.8 Å². The van der Waals surface area contributed by atoms with E-state index in [1.165, 1.54) is 24.6 Å². The lowest BCUT2D eigenvalue weighted by molar-refractivity contribution is -0.121. The van der Waals surface area contributed by atoms with Crippen LogP contribution in [0.4, 0.5) is 5.82 Å². The number of hydrogen-bond donors (Lipinski definition) is 1. The minimum Gasteiger partial charge on any atom is -0.356 e. The van der Waals surface area contributed by atoms with Crippen LogP contribution in [0.15, 0.2) is 24.0 Å². The number of anilines is 1. The van der Waals surface area contributed by atoms with Crippen LogP contribution in [0.3, 0.4) is 0 Å². The highest BCUT2D eigenvalue weighted by atomic mass is 32.2. The SMILES string of the molecule is C=CCCC(=O)NCCn1ncc2c(N3CCCC3)nc(SC)nc21. The van der Waals surface area contributed by atoms with Gasteiger partial charge in [0.05, 0.1) is 18.1 Å². The summed E-state index contributed by atoms with van der Waals surface area (Å²) in [6.45, 7) is 6.82. The maximum Gasteiger partial charge on any atom is 0.220 e. The van der Waals surface area contributed by atoms with Gasteiger partial charge >= 0.3 is 0 Å². The number of thioether (sulfide) groups is 1. The lowest BCUT2D eigenvalue weighted by atomic mass is 10.3. The minimum absolute atomic E-state index is 0.0357. The third kappa shape index (κ3) is 4.12. The largest absolute Gasteiger partial charge is 0.356 e. The van der Waals surface area contributed by atoms with Gasteiger partial charge in [0, 0.05) is 26.1 Å². The Hall–Kier alpha value is -2.09. The number of allylic oxidation sites excluding steroid dienone is 1. The smallest absolute Gasteiger partial charge is 0.220 e. The summed E-state index contributed by atoms with van der Waals surface area (Å²) in [6.07, 6.45) is 9.14. The van der Waals surface area contributed by atoms with E-state index >= 15 is 0 Å². The normalized spacial score (nSPS) is 14.2. The first-order valence-corrected chi connectivity index (χ1v) is 9.85. The molecule has 1 amide bonds. The monoisotopic (exact) mass is 360 g/mol. The lowest BCUT2D eigenvalue weighted by Crippen LogP contribution is -2.27. The van der Waals surface area contributed by atoms with Crippen LogP contribution in [0.5, 0.6) is 0 Å². The summed E-state index contributed by atoms with van der Waals surface area (Å²) in [6, 6.07) is 0. The second-order valence-corrected chi connectivity index (χ2v) is 6.78. The molecule has 0 saturated carbocycles. The molecule has 25 heavy (non-hydrogen) atoms. The molecule has 1 aliphatic heterocycles. The molecular weight excluding hydrogens is 336 g/mol. The van der Waals surface area contributed by atoms with E-state index in [0.717, 1.165) is 35.1 Å². The van der Waals surface area contributed by atoms with E-state index < -0.39 is 0 Å². The van der Waals surface area contributed by atoms with Gasteiger partial charge in [-0.3, -0.25) is 4.79 Å². The van der Waals surface area contributed by atoms with Crippen LogP contribution in [0.2, 0.25) is 0 Å². The van der Waals surface area contributed by atoms with Crippen molar-refractivity contribution in [3.8, 4) is 0 Å². The Morgan fingerprint density at radius 3 is 2.92 bits per heavy atom. The molecule has 0 aromatic carbocycles. The van der Waals surface area contributed by atoms with Crippen molar-refractivity contribution in [1.82, 2.24) is 25.1 Å². The molecule has 1 N–H and O–H groups in total. The number of amides is 1. The van der Waals surface area contributed by atoms with Gasteiger partial charge in [-0.25, -0.2) is 14.6 Å². The van der Waals surface area contributed by atoms with Gasteiger partial charge in [0.2, 0.25) is 5.91 Å². The fourth-order valence-corrected chi connectivity index (χ4v) is 3.32. The number of nitrogens with one attached hydrogen (secondary N) is 1. The third-order valence-corrected chi connectivity index (χ3v) is 4.81. The molecule has 0 radical (unpaired) electrons. The number of carbonyl (C=O) groups is 1. The number of hydrogen-bond acceptors (Lipinski definition) is 6. The Morgan fingerprint density at radius 1 is 1.40 bits per heavy atom. The average Bonchev–Trinajstić information content (AvgIpc) is 3.29. The van der Waals surface area contributed by atoms with Gasteiger partial charge in [-0.1, -0.05) is 17.8 Å². The number of carbonyl (C=O) groups excluding carboxylic acids is 1. The van der Waals surface area contributed by atoms with E-state index in [9.17, 15) is 4.79 Å². The van der Waals surface area contributed by atoms with E-state index in [2.05, 4.69) is 26.9 Å². The summed E-state index contributed by atoms with van der Waals surface area (Å²) in [4.78, 5) is 23.3. The number of aromatic nitrogens is 4. The molecule has 0 aliphatic carbocycles. The van der Waals surface area contributed by atoms with E-state index in [0.29, 0.717) is 25.9 Å². The van der Waals surface area contributed by atoms with E-state index in [4.69, 9.17) is 4.98 Å². The zero-order chi connectivity index (χ0) is 17.6. The van der Waals surface area contributed by atoms with Crippen molar-refractivity contribution in [3.63, 3.8) is 0 Å². The van der Waals surface area contributed by atoms with Crippen LogP contribution in [-0.4, -0.2) is 51.5 Å². The Morgan fingerprint density at radius 2 is 2.20 bits per heavy atom. The maximum absolute atomic E-state index is 11.7. The topological polar surface area (TPSA) is 75.9 Å². The first-order valence-electron chi connectivity index (χ1n) is 8.63. The summed E-state index contributed by atoms with van der Waals surface area (Å²) in [5.74, 6) is 1.02. The van der Waals surface area contributed by atoms with Crippen molar-refractivity contribution in [2.24, 2.45) is 0 Å². The molecule has 3 rings (SSSR count). The highest BCUT2D eigenvalue weighted by molar-refractivity contribution is 7.98. The van der Waals surface area contributed by atoms with Crippen molar-refractivity contribution in [2.75, 3.05) is 30.8 Å². The molecular formula is C17H24N6OS. The summed E-state index contributed by atoms with van der Waals surface area (Å²) >= 11 is 1.54. The van der Waals surface area contributed by atoms with Crippen LogP contribution in [0.1, 0.15) is 25.7 Å². The van der Waals surface area contributed by atoms with Crippen LogP contribution >= 0.6 is 11.8 Å². The average molecular weight is 360 g/mol. The highest BCUT2D eigenvalue weighted by Crippen LogP contribution is 2.28. The molecule has 1 saturated heterocycles. The van der Waals surface area contributed by atoms with Gasteiger partial charge in [0.25, 0.3) is 0 Å². The van der Waals surface area contributed by atoms with Crippen LogP contribution in [0, 0.1) is 0 Å². The van der Waals surface area contributed by atoms with Gasteiger partial charge in [-0.15, -0.1) is 6.58 Å². The highest BCUT2D eigenvalue weighted by Gasteiger charge is 2.20. The fraction of sp³-hybridized carbons (Fsp3) is 0.529. The van der Waals surface area contributed by atoms with E-state index in [1.54, 1.807) is 6.08 Å². The second-order valence-electron chi connectivity index (χ2n) is 6.01. The Bertz CT molecular complexity index is 753. The van der Waals surface area contributed by atoms with E-state index in [1.807, 2.05) is 17.1 Å². The molecule has 0 atom stereocenters. The fourth-order valence-electron chi connectivity index (χ4n) is 2.97. The van der Waals surface area contributed by atoms with Crippen molar-refractivity contribution < 1.29 is 4.79 Å². The van der Waals surface area contributed by atoms with Gasteiger partial charge < -0.3 is 10.2 Å². The predicted octanol–water partition coefficient (Wildman–Crippen LogP) is 2.23. The van der Waals surface area contributed by atoms with Gasteiger partial charge in [-0.05, 0) is 25.5 Å². The first kappa shape index (κ1) is 17.7. The first-order chi connectivity index (χ1) is 12.2. The number of rotatable bonds is 8. The zero-order valence-electron chi connectivity index (χ0n) is 14.6. The molecule has 0 bridgehead atoms. The number of nitrogens with zero attached hydrogens (tertiary/aromatic N) is 5. The van der Waals surface area contributed by atoms with Crippen molar-refractivity contribution >= 4 is 34.5 Å². The Kier molecular flexibility index (Phi) is 5.91. The molecule has 2 aromatic rings. The maximum atomic E-state index is 11.7. The van der Waals surface area contributed by atoms with Crippen LogP contribution in [0.25, 0.3) is 11.0 Å². The summed E-state index contributed by atoms with van der Waals surface area (Å²) in [5.41, 5.74) is 0.835. The Balaban J connectivity index is 1.76. The molecule has 8 heteroatoms. The van der Waals surface area contributed by atoms with Crippen molar-refractivity contribution in [2.45, 2.75) is 37.4 Å². The third-order valence-electron chi connectivity index (χ3n) is 4.27. The standard InChI is InChI=1S/C17H24N6OS/c1-3-4-7-14(24)18-8-11-23-16-13(12-19-23)15(20-17(21-16)25-2)22-9-5-6-10-22/h3,12H,1,4-11H2,2H3,(H,18,24). The quantitative estimate of drug-likeness (QED) is 0.442. The van der Waals surface area contributed by atoms with Gasteiger partial charge in [-0.2, -0.15) is 5.10 Å². The molecule has 7 nitrogen and oxygen atoms in total. The summed E-state index contributed by atoms with van der Waals surface area (Å²) in [5, 5.41) is 9.12. The van der Waals surface area contributed by atoms with E-state index in [-0.39, 0.29) is 5.91 Å². The van der Waals surface area contributed by atoms with Crippen LogP contribution < -0.4 is 10.2 Å². The lowest BCUT2D eigenvalue weighted by Gasteiger charge is -2.17. The minimum atomic E-state index is 0.0357. The summed E-state index contributed by atoms with van der Waals surface area (Å²) < 4.78 is 1.85.